The van der Waals surface area contributed by atoms with Gasteiger partial charge in [-0.15, -0.1) is 0 Å². The van der Waals surface area contributed by atoms with E-state index in [9.17, 15) is 9.59 Å². The molecule has 0 saturated carbocycles. The fraction of sp³-hybridized carbons (Fsp3) is 0.143. The second-order valence-electron chi connectivity index (χ2n) is 3.86. The van der Waals surface area contributed by atoms with E-state index in [0.29, 0.717) is 11.5 Å². The van der Waals surface area contributed by atoms with Gasteiger partial charge in [-0.1, -0.05) is 12.1 Å². The van der Waals surface area contributed by atoms with Crippen molar-refractivity contribution in [2.45, 2.75) is 13.8 Å². The lowest BCUT2D eigenvalue weighted by molar-refractivity contribution is -0.132. The molecule has 0 spiro atoms. The maximum atomic E-state index is 10.8. The topological polar surface area (TPSA) is 52.6 Å². The van der Waals surface area contributed by atoms with Crippen LogP contribution in [0.5, 0.6) is 11.5 Å². The van der Waals surface area contributed by atoms with Crippen LogP contribution < -0.4 is 9.47 Å². The monoisotopic (exact) mass is 244 g/mol. The van der Waals surface area contributed by atoms with E-state index >= 15 is 0 Å². The van der Waals surface area contributed by atoms with Crippen molar-refractivity contribution in [1.82, 2.24) is 0 Å². The van der Waals surface area contributed by atoms with Crippen molar-refractivity contribution in [2.24, 2.45) is 0 Å². The molecule has 0 bridgehead atoms. The molecule has 4 heteroatoms. The number of rotatable bonds is 2. The summed E-state index contributed by atoms with van der Waals surface area (Å²) in [4.78, 5) is 21.7. The minimum Gasteiger partial charge on any atom is -0.427 e. The quantitative estimate of drug-likeness (QED) is 0.602. The smallest absolute Gasteiger partial charge is 0.308 e. The first-order chi connectivity index (χ1) is 8.54. The Kier molecular flexibility index (Phi) is 3.28. The van der Waals surface area contributed by atoms with Crippen LogP contribution in [-0.4, -0.2) is 11.9 Å². The van der Waals surface area contributed by atoms with Gasteiger partial charge in [-0.2, -0.15) is 0 Å². The predicted octanol–water partition coefficient (Wildman–Crippen LogP) is 2.69. The van der Waals surface area contributed by atoms with Crippen molar-refractivity contribution in [3.05, 3.63) is 36.4 Å². The number of esters is 2. The third-order valence-corrected chi connectivity index (χ3v) is 2.31. The molecule has 0 fully saturated rings. The zero-order valence-electron chi connectivity index (χ0n) is 10.1. The van der Waals surface area contributed by atoms with E-state index in [4.69, 9.17) is 9.47 Å². The van der Waals surface area contributed by atoms with E-state index in [1.807, 2.05) is 0 Å². The molecular weight excluding hydrogens is 232 g/mol. The summed E-state index contributed by atoms with van der Waals surface area (Å²) in [7, 11) is 0. The number of fused-ring (bicyclic) bond motifs is 1. The van der Waals surface area contributed by atoms with Gasteiger partial charge in [0.2, 0.25) is 0 Å². The second-order valence-corrected chi connectivity index (χ2v) is 3.86. The molecule has 2 aromatic rings. The Balaban J connectivity index is 2.35. The van der Waals surface area contributed by atoms with Gasteiger partial charge in [0, 0.05) is 13.8 Å². The fourth-order valence-corrected chi connectivity index (χ4v) is 1.66. The second kappa shape index (κ2) is 4.87. The number of hydrogen-bond donors (Lipinski definition) is 0. The van der Waals surface area contributed by atoms with Gasteiger partial charge in [0.15, 0.2) is 0 Å². The Labute approximate surface area is 104 Å². The van der Waals surface area contributed by atoms with E-state index in [0.717, 1.165) is 10.8 Å². The molecule has 0 aliphatic carbocycles. The van der Waals surface area contributed by atoms with Crippen molar-refractivity contribution >= 4 is 22.7 Å². The lowest BCUT2D eigenvalue weighted by Crippen LogP contribution is -2.01. The third kappa shape index (κ3) is 2.85. The fourth-order valence-electron chi connectivity index (χ4n) is 1.66. The average Bonchev–Trinajstić information content (AvgIpc) is 2.27. The predicted molar refractivity (Wildman–Crippen MR) is 66.6 cm³/mol. The SMILES string of the molecule is CC(=O)Oc1ccc2cc(OC(C)=O)ccc2c1. The van der Waals surface area contributed by atoms with Gasteiger partial charge >= 0.3 is 11.9 Å². The minimum absolute atomic E-state index is 0.356. The number of benzene rings is 2. The summed E-state index contributed by atoms with van der Waals surface area (Å²) >= 11 is 0. The van der Waals surface area contributed by atoms with Gasteiger partial charge in [0.1, 0.15) is 11.5 Å². The molecule has 92 valence electrons. The molecule has 0 atom stereocenters. The molecule has 0 radical (unpaired) electrons. The molecule has 0 heterocycles. The summed E-state index contributed by atoms with van der Waals surface area (Å²) < 4.78 is 9.99. The van der Waals surface area contributed by atoms with Gasteiger partial charge in [-0.05, 0) is 35.0 Å². The van der Waals surface area contributed by atoms with Crippen molar-refractivity contribution < 1.29 is 19.1 Å². The first kappa shape index (κ1) is 12.1. The highest BCUT2D eigenvalue weighted by Crippen LogP contribution is 2.25. The number of carbonyl (C=O) groups is 2. The highest BCUT2D eigenvalue weighted by molar-refractivity contribution is 5.86. The first-order valence-electron chi connectivity index (χ1n) is 5.45. The number of hydrogen-bond acceptors (Lipinski definition) is 4. The van der Waals surface area contributed by atoms with E-state index in [2.05, 4.69) is 0 Å². The van der Waals surface area contributed by atoms with Gasteiger partial charge in [-0.25, -0.2) is 0 Å². The molecule has 0 aliphatic rings. The van der Waals surface area contributed by atoms with Crippen LogP contribution in [-0.2, 0) is 9.59 Å². The Morgan fingerprint density at radius 2 is 1.17 bits per heavy atom. The Hall–Kier alpha value is -2.36. The minimum atomic E-state index is -0.356. The molecule has 4 nitrogen and oxygen atoms in total. The summed E-state index contributed by atoms with van der Waals surface area (Å²) in [5.41, 5.74) is 0. The van der Waals surface area contributed by atoms with E-state index in [-0.39, 0.29) is 11.9 Å². The van der Waals surface area contributed by atoms with E-state index in [1.165, 1.54) is 13.8 Å². The molecular formula is C14H12O4. The number of carbonyl (C=O) groups excluding carboxylic acids is 2. The Morgan fingerprint density at radius 3 is 1.50 bits per heavy atom. The van der Waals surface area contributed by atoms with Crippen LogP contribution in [0.2, 0.25) is 0 Å². The van der Waals surface area contributed by atoms with E-state index < -0.39 is 0 Å². The van der Waals surface area contributed by atoms with Crippen molar-refractivity contribution in [2.75, 3.05) is 0 Å². The van der Waals surface area contributed by atoms with Gasteiger partial charge in [0.05, 0.1) is 0 Å². The van der Waals surface area contributed by atoms with Crippen LogP contribution in [0.15, 0.2) is 36.4 Å². The highest BCUT2D eigenvalue weighted by atomic mass is 16.5. The van der Waals surface area contributed by atoms with Crippen molar-refractivity contribution in [3.63, 3.8) is 0 Å². The van der Waals surface area contributed by atoms with Gasteiger partial charge in [-0.3, -0.25) is 9.59 Å². The summed E-state index contributed by atoms with van der Waals surface area (Å²) in [6.45, 7) is 2.71. The molecule has 0 aromatic heterocycles. The molecule has 0 unspecified atom stereocenters. The largest absolute Gasteiger partial charge is 0.427 e. The third-order valence-electron chi connectivity index (χ3n) is 2.31. The normalized spacial score (nSPS) is 10.1. The first-order valence-corrected chi connectivity index (χ1v) is 5.45. The van der Waals surface area contributed by atoms with E-state index in [1.54, 1.807) is 36.4 Å². The molecule has 2 aromatic carbocycles. The lowest BCUT2D eigenvalue weighted by atomic mass is 10.1. The highest BCUT2D eigenvalue weighted by Gasteiger charge is 2.03. The van der Waals surface area contributed by atoms with Crippen molar-refractivity contribution in [1.29, 1.82) is 0 Å². The standard InChI is InChI=1S/C14H12O4/c1-9(15)17-13-5-3-12-8-14(18-10(2)16)6-4-11(12)7-13/h3-8H,1-2H3. The summed E-state index contributed by atoms with van der Waals surface area (Å²) in [6.07, 6.45) is 0. The van der Waals surface area contributed by atoms with Crippen molar-refractivity contribution in [3.8, 4) is 11.5 Å². The van der Waals surface area contributed by atoms with Crippen LogP contribution in [0.25, 0.3) is 10.8 Å². The molecule has 0 saturated heterocycles. The maximum Gasteiger partial charge on any atom is 0.308 e. The average molecular weight is 244 g/mol. The van der Waals surface area contributed by atoms with Gasteiger partial charge < -0.3 is 9.47 Å². The zero-order chi connectivity index (χ0) is 13.1. The van der Waals surface area contributed by atoms with Gasteiger partial charge in [0.25, 0.3) is 0 Å². The molecule has 18 heavy (non-hydrogen) atoms. The van der Waals surface area contributed by atoms with Crippen LogP contribution in [0, 0.1) is 0 Å². The Morgan fingerprint density at radius 1 is 0.778 bits per heavy atom. The molecule has 0 aliphatic heterocycles. The Bertz CT molecular complexity index is 561. The molecule has 0 amide bonds. The molecule has 2 rings (SSSR count). The summed E-state index contributed by atoms with van der Waals surface area (Å²) in [6, 6.07) is 10.5. The van der Waals surface area contributed by atoms with Crippen LogP contribution in [0.4, 0.5) is 0 Å². The summed E-state index contributed by atoms with van der Waals surface area (Å²) in [5.74, 6) is 0.280. The molecule has 0 N–H and O–H groups in total. The van der Waals surface area contributed by atoms with Crippen LogP contribution in [0.1, 0.15) is 13.8 Å². The lowest BCUT2D eigenvalue weighted by Gasteiger charge is -2.05. The zero-order valence-corrected chi connectivity index (χ0v) is 10.1. The summed E-state index contributed by atoms with van der Waals surface area (Å²) in [5, 5.41) is 1.81. The van der Waals surface area contributed by atoms with Crippen LogP contribution in [0.3, 0.4) is 0 Å². The maximum absolute atomic E-state index is 10.8. The number of ether oxygens (including phenoxy) is 2. The van der Waals surface area contributed by atoms with Crippen LogP contribution >= 0.6 is 0 Å².